The van der Waals surface area contributed by atoms with Crippen molar-refractivity contribution in [2.45, 2.75) is 19.9 Å². The molecule has 2 aromatic carbocycles. The summed E-state index contributed by atoms with van der Waals surface area (Å²) >= 11 is 6.04. The van der Waals surface area contributed by atoms with Crippen LogP contribution in [0.5, 0.6) is 0 Å². The SMILES string of the molecule is CC(=O)N(C)c1ccc(NC(C)C(=O)Nc2ccccc2Cl)cc1. The highest BCUT2D eigenvalue weighted by Gasteiger charge is 2.14. The average Bonchev–Trinajstić information content (AvgIpc) is 2.56. The Morgan fingerprint density at radius 1 is 1.08 bits per heavy atom. The van der Waals surface area contributed by atoms with Crippen molar-refractivity contribution in [2.75, 3.05) is 22.6 Å². The summed E-state index contributed by atoms with van der Waals surface area (Å²) in [7, 11) is 1.71. The lowest BCUT2D eigenvalue weighted by atomic mass is 10.2. The smallest absolute Gasteiger partial charge is 0.246 e. The molecule has 126 valence electrons. The fourth-order valence-electron chi connectivity index (χ4n) is 2.08. The first kappa shape index (κ1) is 17.8. The molecule has 2 aromatic rings. The normalized spacial score (nSPS) is 11.5. The third-order valence-electron chi connectivity index (χ3n) is 3.64. The Bertz CT molecular complexity index is 731. The molecule has 0 aliphatic rings. The zero-order valence-corrected chi connectivity index (χ0v) is 14.6. The van der Waals surface area contributed by atoms with E-state index in [0.717, 1.165) is 11.4 Å². The number of halogens is 1. The number of amides is 2. The molecule has 2 N–H and O–H groups in total. The Morgan fingerprint density at radius 3 is 2.29 bits per heavy atom. The Hall–Kier alpha value is -2.53. The van der Waals surface area contributed by atoms with Gasteiger partial charge in [0.25, 0.3) is 0 Å². The largest absolute Gasteiger partial charge is 0.374 e. The van der Waals surface area contributed by atoms with Gasteiger partial charge in [0.15, 0.2) is 0 Å². The van der Waals surface area contributed by atoms with Gasteiger partial charge < -0.3 is 15.5 Å². The molecule has 0 spiro atoms. The number of hydrogen-bond acceptors (Lipinski definition) is 3. The lowest BCUT2D eigenvalue weighted by Crippen LogP contribution is -2.32. The van der Waals surface area contributed by atoms with Crippen molar-refractivity contribution in [3.8, 4) is 0 Å². The van der Waals surface area contributed by atoms with E-state index in [0.29, 0.717) is 10.7 Å². The third kappa shape index (κ3) is 4.49. The lowest BCUT2D eigenvalue weighted by Gasteiger charge is -2.18. The first-order chi connectivity index (χ1) is 11.4. The van der Waals surface area contributed by atoms with E-state index in [9.17, 15) is 9.59 Å². The molecule has 24 heavy (non-hydrogen) atoms. The van der Waals surface area contributed by atoms with Crippen LogP contribution in [0.4, 0.5) is 17.1 Å². The summed E-state index contributed by atoms with van der Waals surface area (Å²) in [5, 5.41) is 6.40. The molecule has 2 rings (SSSR count). The Balaban J connectivity index is 1.99. The molecule has 1 atom stereocenters. The number of rotatable bonds is 5. The lowest BCUT2D eigenvalue weighted by molar-refractivity contribution is -0.117. The van der Waals surface area contributed by atoms with Gasteiger partial charge in [0, 0.05) is 25.3 Å². The van der Waals surface area contributed by atoms with Gasteiger partial charge in [-0.05, 0) is 43.3 Å². The highest BCUT2D eigenvalue weighted by molar-refractivity contribution is 6.33. The zero-order chi connectivity index (χ0) is 17.7. The van der Waals surface area contributed by atoms with Gasteiger partial charge >= 0.3 is 0 Å². The maximum atomic E-state index is 12.2. The predicted octanol–water partition coefficient (Wildman–Crippen LogP) is 3.76. The van der Waals surface area contributed by atoms with Crippen LogP contribution in [0.3, 0.4) is 0 Å². The minimum Gasteiger partial charge on any atom is -0.374 e. The van der Waals surface area contributed by atoms with E-state index in [-0.39, 0.29) is 11.8 Å². The maximum absolute atomic E-state index is 12.2. The van der Waals surface area contributed by atoms with Crippen LogP contribution in [-0.4, -0.2) is 24.9 Å². The number of hydrogen-bond donors (Lipinski definition) is 2. The van der Waals surface area contributed by atoms with Crippen LogP contribution < -0.4 is 15.5 Å². The Kier molecular flexibility index (Phi) is 5.82. The Labute approximate surface area is 146 Å². The molecule has 0 aliphatic carbocycles. The summed E-state index contributed by atoms with van der Waals surface area (Å²) in [6.45, 7) is 3.27. The van der Waals surface area contributed by atoms with Gasteiger partial charge in [0.1, 0.15) is 6.04 Å². The number of benzene rings is 2. The molecule has 1 unspecified atom stereocenters. The molecular weight excluding hydrogens is 326 g/mol. The highest BCUT2D eigenvalue weighted by atomic mass is 35.5. The van der Waals surface area contributed by atoms with Crippen LogP contribution in [0.25, 0.3) is 0 Å². The summed E-state index contributed by atoms with van der Waals surface area (Å²) in [6, 6.07) is 13.9. The number of carbonyl (C=O) groups is 2. The zero-order valence-electron chi connectivity index (χ0n) is 13.8. The predicted molar refractivity (Wildman–Crippen MR) is 98.7 cm³/mol. The van der Waals surface area contributed by atoms with E-state index in [1.807, 2.05) is 30.3 Å². The van der Waals surface area contributed by atoms with E-state index >= 15 is 0 Å². The molecule has 2 amide bonds. The second-order valence-electron chi connectivity index (χ2n) is 5.46. The van der Waals surface area contributed by atoms with Gasteiger partial charge in [0.2, 0.25) is 11.8 Å². The van der Waals surface area contributed by atoms with Crippen molar-refractivity contribution in [2.24, 2.45) is 0 Å². The minimum absolute atomic E-state index is 0.0387. The van der Waals surface area contributed by atoms with E-state index in [4.69, 9.17) is 11.6 Å². The number of carbonyl (C=O) groups excluding carboxylic acids is 2. The standard InChI is InChI=1S/C18H20ClN3O2/c1-12(18(24)21-17-7-5-4-6-16(17)19)20-14-8-10-15(11-9-14)22(3)13(2)23/h4-12,20H,1-3H3,(H,21,24). The monoisotopic (exact) mass is 345 g/mol. The fraction of sp³-hybridized carbons (Fsp3) is 0.222. The third-order valence-corrected chi connectivity index (χ3v) is 3.96. The summed E-state index contributed by atoms with van der Waals surface area (Å²) < 4.78 is 0. The van der Waals surface area contributed by atoms with Crippen LogP contribution >= 0.6 is 11.6 Å². The second kappa shape index (κ2) is 7.84. The average molecular weight is 346 g/mol. The van der Waals surface area contributed by atoms with Gasteiger partial charge in [0.05, 0.1) is 10.7 Å². The molecule has 5 nitrogen and oxygen atoms in total. The van der Waals surface area contributed by atoms with Crippen LogP contribution in [0.2, 0.25) is 5.02 Å². The Morgan fingerprint density at radius 2 is 1.71 bits per heavy atom. The molecule has 0 fully saturated rings. The molecule has 0 aliphatic heterocycles. The van der Waals surface area contributed by atoms with Crippen LogP contribution in [0.1, 0.15) is 13.8 Å². The first-order valence-electron chi connectivity index (χ1n) is 7.55. The van der Waals surface area contributed by atoms with Crippen LogP contribution in [-0.2, 0) is 9.59 Å². The molecular formula is C18H20ClN3O2. The quantitative estimate of drug-likeness (QED) is 0.867. The van der Waals surface area contributed by atoms with Crippen molar-refractivity contribution >= 4 is 40.5 Å². The van der Waals surface area contributed by atoms with Gasteiger partial charge in [-0.25, -0.2) is 0 Å². The number of para-hydroxylation sites is 1. The molecule has 6 heteroatoms. The number of nitrogens with zero attached hydrogens (tertiary/aromatic N) is 1. The van der Waals surface area contributed by atoms with E-state index < -0.39 is 6.04 Å². The topological polar surface area (TPSA) is 61.4 Å². The van der Waals surface area contributed by atoms with Gasteiger partial charge in [-0.3, -0.25) is 9.59 Å². The van der Waals surface area contributed by atoms with Gasteiger partial charge in [-0.15, -0.1) is 0 Å². The highest BCUT2D eigenvalue weighted by Crippen LogP contribution is 2.21. The van der Waals surface area contributed by atoms with Crippen molar-refractivity contribution < 1.29 is 9.59 Å². The summed E-state index contributed by atoms with van der Waals surface area (Å²) in [4.78, 5) is 25.1. The summed E-state index contributed by atoms with van der Waals surface area (Å²) in [6.07, 6.45) is 0. The molecule has 0 aromatic heterocycles. The van der Waals surface area contributed by atoms with Crippen LogP contribution in [0.15, 0.2) is 48.5 Å². The molecule has 0 radical (unpaired) electrons. The number of anilines is 3. The molecule has 0 saturated carbocycles. The fourth-order valence-corrected chi connectivity index (χ4v) is 2.27. The number of nitrogens with one attached hydrogen (secondary N) is 2. The minimum atomic E-state index is -0.447. The molecule has 0 bridgehead atoms. The maximum Gasteiger partial charge on any atom is 0.246 e. The molecule has 0 heterocycles. The first-order valence-corrected chi connectivity index (χ1v) is 7.92. The van der Waals surface area contributed by atoms with Crippen LogP contribution in [0, 0.1) is 0 Å². The second-order valence-corrected chi connectivity index (χ2v) is 5.87. The van der Waals surface area contributed by atoms with E-state index in [2.05, 4.69) is 10.6 Å². The van der Waals surface area contributed by atoms with E-state index in [1.165, 1.54) is 6.92 Å². The van der Waals surface area contributed by atoms with Crippen molar-refractivity contribution in [1.82, 2.24) is 0 Å². The van der Waals surface area contributed by atoms with Gasteiger partial charge in [-0.2, -0.15) is 0 Å². The van der Waals surface area contributed by atoms with Crippen molar-refractivity contribution in [3.05, 3.63) is 53.6 Å². The van der Waals surface area contributed by atoms with Crippen molar-refractivity contribution in [1.29, 1.82) is 0 Å². The van der Waals surface area contributed by atoms with Crippen molar-refractivity contribution in [3.63, 3.8) is 0 Å². The summed E-state index contributed by atoms with van der Waals surface area (Å²) in [5.74, 6) is -0.226. The summed E-state index contributed by atoms with van der Waals surface area (Å²) in [5.41, 5.74) is 2.16. The van der Waals surface area contributed by atoms with E-state index in [1.54, 1.807) is 37.1 Å². The molecule has 0 saturated heterocycles. The van der Waals surface area contributed by atoms with Gasteiger partial charge in [-0.1, -0.05) is 23.7 Å².